The van der Waals surface area contributed by atoms with Crippen molar-refractivity contribution in [3.8, 4) is 23.0 Å². The molecule has 3 aromatic rings. The number of esters is 2. The van der Waals surface area contributed by atoms with Crippen LogP contribution in [-0.2, 0) is 31.3 Å². The van der Waals surface area contributed by atoms with Crippen molar-refractivity contribution in [1.82, 2.24) is 0 Å². The van der Waals surface area contributed by atoms with E-state index in [2.05, 4.69) is 13.2 Å². The van der Waals surface area contributed by atoms with Crippen LogP contribution in [0.15, 0.2) is 122 Å². The predicted molar refractivity (Wildman–Crippen MR) is 197 cm³/mol. The van der Waals surface area contributed by atoms with Crippen LogP contribution in [0.5, 0.6) is 23.0 Å². The fourth-order valence-corrected chi connectivity index (χ4v) is 4.69. The Morgan fingerprint density at radius 3 is 1.20 bits per heavy atom. The van der Waals surface area contributed by atoms with Gasteiger partial charge in [-0.25, -0.2) is 9.59 Å². The lowest BCUT2D eigenvalue weighted by Gasteiger charge is -2.20. The Kier molecular flexibility index (Phi) is 18.4. The van der Waals surface area contributed by atoms with Gasteiger partial charge >= 0.3 is 24.2 Å². The van der Waals surface area contributed by atoms with E-state index in [1.807, 2.05) is 12.2 Å². The van der Waals surface area contributed by atoms with Crippen LogP contribution in [0.1, 0.15) is 62.5 Å². The summed E-state index contributed by atoms with van der Waals surface area (Å²) in [5.41, 5.74) is -0.816. The lowest BCUT2D eigenvalue weighted by Crippen LogP contribution is -2.22. The van der Waals surface area contributed by atoms with E-state index in [0.717, 1.165) is 87.8 Å². The molecule has 0 saturated carbocycles. The molecule has 0 spiro atoms. The summed E-state index contributed by atoms with van der Waals surface area (Å²) in [5, 5.41) is 0. The summed E-state index contributed by atoms with van der Waals surface area (Å²) in [6.45, 7) is 7.89. The molecule has 54 heavy (non-hydrogen) atoms. The summed E-state index contributed by atoms with van der Waals surface area (Å²) in [4.78, 5) is 21.9. The molecule has 0 bridgehead atoms. The maximum Gasteiger partial charge on any atom is 0.426 e. The number of carbonyl (C=O) groups is 2. The summed E-state index contributed by atoms with van der Waals surface area (Å²) in [7, 11) is 0. The van der Waals surface area contributed by atoms with Gasteiger partial charge in [-0.2, -0.15) is 17.6 Å². The number of ether oxygens (including phenoxy) is 6. The molecule has 0 aliphatic heterocycles. The van der Waals surface area contributed by atoms with Crippen LogP contribution >= 0.6 is 0 Å². The molecular weight excluding hydrogens is 708 g/mol. The number of hydrogen-bond acceptors (Lipinski definition) is 8. The molecular formula is C42H46F4O8. The lowest BCUT2D eigenvalue weighted by atomic mass is 10.2. The molecule has 0 aromatic heterocycles. The van der Waals surface area contributed by atoms with Crippen molar-refractivity contribution in [1.29, 1.82) is 0 Å². The standard InChI is InChI=1S/C42H46F4O8/c1-3-39(47)51-31-15-11-7-5-9-13-29-49-35-21-17-33(18-22-35)41(43,44)53-37-25-27-38(28-26-37)54-42(45,46)34-19-23-36(24-20-34)50-30-14-10-6-8-12-16-32-52-40(48)4-2/h3-4,11-12,15-28H,1-2,5-10,13-14,29-32H2/b15-11+,16-12+. The second-order valence-electron chi connectivity index (χ2n) is 11.8. The van der Waals surface area contributed by atoms with Crippen LogP contribution in [0.4, 0.5) is 17.6 Å². The van der Waals surface area contributed by atoms with E-state index in [0.29, 0.717) is 24.7 Å². The first-order valence-electron chi connectivity index (χ1n) is 17.6. The minimum atomic E-state index is -3.70. The highest BCUT2D eigenvalue weighted by atomic mass is 19.3. The van der Waals surface area contributed by atoms with E-state index >= 15 is 0 Å². The van der Waals surface area contributed by atoms with Gasteiger partial charge in [0.25, 0.3) is 0 Å². The molecule has 0 unspecified atom stereocenters. The zero-order chi connectivity index (χ0) is 39.1. The van der Waals surface area contributed by atoms with Gasteiger partial charge in [0, 0.05) is 12.2 Å². The number of unbranched alkanes of at least 4 members (excludes halogenated alkanes) is 6. The second-order valence-corrected chi connectivity index (χ2v) is 11.8. The second kappa shape index (κ2) is 23.2. The Morgan fingerprint density at radius 1 is 0.500 bits per heavy atom. The normalized spacial score (nSPS) is 11.6. The average molecular weight is 755 g/mol. The summed E-state index contributed by atoms with van der Waals surface area (Å²) < 4.78 is 90.4. The van der Waals surface area contributed by atoms with Crippen LogP contribution in [-0.4, -0.2) is 38.4 Å². The minimum absolute atomic E-state index is 0.204. The molecule has 0 aliphatic rings. The van der Waals surface area contributed by atoms with Crippen LogP contribution in [0.3, 0.4) is 0 Å². The van der Waals surface area contributed by atoms with E-state index in [1.165, 1.54) is 48.5 Å². The molecule has 3 rings (SSSR count). The lowest BCUT2D eigenvalue weighted by molar-refractivity contribution is -0.188. The Labute approximate surface area is 313 Å². The average Bonchev–Trinajstić information content (AvgIpc) is 3.17. The fraction of sp³-hybridized carbons (Fsp3) is 0.333. The topological polar surface area (TPSA) is 89.5 Å². The Hall–Kier alpha value is -5.52. The van der Waals surface area contributed by atoms with Crippen LogP contribution in [0, 0.1) is 0 Å². The summed E-state index contributed by atoms with van der Waals surface area (Å²) in [5.74, 6) is -0.553. The minimum Gasteiger partial charge on any atom is -0.494 e. The number of rotatable bonds is 26. The van der Waals surface area contributed by atoms with Gasteiger partial charge in [0.2, 0.25) is 0 Å². The third kappa shape index (κ3) is 16.4. The zero-order valence-electron chi connectivity index (χ0n) is 30.1. The molecule has 290 valence electrons. The molecule has 0 fully saturated rings. The zero-order valence-corrected chi connectivity index (χ0v) is 30.1. The summed E-state index contributed by atoms with van der Waals surface area (Å²) in [6.07, 6.45) is 9.05. The smallest absolute Gasteiger partial charge is 0.426 e. The molecule has 0 N–H and O–H groups in total. The summed E-state index contributed by atoms with van der Waals surface area (Å²) >= 11 is 0. The van der Waals surface area contributed by atoms with Crippen LogP contribution in [0.25, 0.3) is 0 Å². The molecule has 0 amide bonds. The predicted octanol–water partition coefficient (Wildman–Crippen LogP) is 10.4. The number of hydrogen-bond donors (Lipinski definition) is 0. The maximum atomic E-state index is 14.9. The highest BCUT2D eigenvalue weighted by molar-refractivity contribution is 5.81. The van der Waals surface area contributed by atoms with E-state index in [1.54, 1.807) is 12.2 Å². The molecule has 0 heterocycles. The van der Waals surface area contributed by atoms with Gasteiger partial charge in [-0.15, -0.1) is 0 Å². The van der Waals surface area contributed by atoms with Crippen molar-refractivity contribution in [2.45, 2.75) is 63.6 Å². The van der Waals surface area contributed by atoms with Crippen molar-refractivity contribution >= 4 is 11.9 Å². The SMILES string of the molecule is C=CC(=O)OC/C=C/CCCCCOc1ccc(C(F)(F)Oc2ccc(OC(F)(F)c3ccc(OCCCCC/C=C/COC(=O)C=C)cc3)cc2)cc1. The Bertz CT molecular complexity index is 1510. The van der Waals surface area contributed by atoms with Crippen molar-refractivity contribution < 1.29 is 55.6 Å². The molecule has 12 heteroatoms. The van der Waals surface area contributed by atoms with Crippen molar-refractivity contribution in [2.24, 2.45) is 0 Å². The molecule has 0 atom stereocenters. The molecule has 0 radical (unpaired) electrons. The highest BCUT2D eigenvalue weighted by Gasteiger charge is 2.36. The number of halogens is 4. The highest BCUT2D eigenvalue weighted by Crippen LogP contribution is 2.36. The molecule has 8 nitrogen and oxygen atoms in total. The largest absolute Gasteiger partial charge is 0.494 e. The molecule has 0 aliphatic carbocycles. The van der Waals surface area contributed by atoms with Crippen molar-refractivity contribution in [3.63, 3.8) is 0 Å². The van der Waals surface area contributed by atoms with E-state index < -0.39 is 35.3 Å². The number of allylic oxidation sites excluding steroid dienone is 2. The van der Waals surface area contributed by atoms with Gasteiger partial charge in [-0.3, -0.25) is 0 Å². The molecule has 0 saturated heterocycles. The first kappa shape index (κ1) is 42.9. The first-order valence-corrected chi connectivity index (χ1v) is 17.6. The van der Waals surface area contributed by atoms with Gasteiger partial charge in [-0.05, 0) is 124 Å². The van der Waals surface area contributed by atoms with Crippen molar-refractivity contribution in [2.75, 3.05) is 26.4 Å². The van der Waals surface area contributed by atoms with Crippen LogP contribution < -0.4 is 18.9 Å². The third-order valence-corrected chi connectivity index (χ3v) is 7.57. The van der Waals surface area contributed by atoms with Gasteiger partial charge in [0.05, 0.1) is 24.3 Å². The van der Waals surface area contributed by atoms with Gasteiger partial charge < -0.3 is 28.4 Å². The third-order valence-electron chi connectivity index (χ3n) is 7.57. The number of carbonyl (C=O) groups excluding carboxylic acids is 2. The molecule has 3 aromatic carbocycles. The van der Waals surface area contributed by atoms with Gasteiger partial charge in [-0.1, -0.05) is 37.5 Å². The van der Waals surface area contributed by atoms with Crippen molar-refractivity contribution in [3.05, 3.63) is 134 Å². The fourth-order valence-electron chi connectivity index (χ4n) is 4.69. The number of alkyl halides is 4. The quantitative estimate of drug-likeness (QED) is 0.0263. The van der Waals surface area contributed by atoms with E-state index in [-0.39, 0.29) is 24.7 Å². The van der Waals surface area contributed by atoms with E-state index in [4.69, 9.17) is 28.4 Å². The Balaban J connectivity index is 1.35. The maximum absolute atomic E-state index is 14.9. The first-order chi connectivity index (χ1) is 26.0. The monoisotopic (exact) mass is 754 g/mol. The van der Waals surface area contributed by atoms with Gasteiger partial charge in [0.1, 0.15) is 36.2 Å². The van der Waals surface area contributed by atoms with Crippen LogP contribution in [0.2, 0.25) is 0 Å². The number of benzene rings is 3. The van der Waals surface area contributed by atoms with Gasteiger partial charge in [0.15, 0.2) is 0 Å². The summed E-state index contributed by atoms with van der Waals surface area (Å²) in [6, 6.07) is 15.0. The van der Waals surface area contributed by atoms with E-state index in [9.17, 15) is 27.2 Å². The Morgan fingerprint density at radius 2 is 0.852 bits per heavy atom.